The van der Waals surface area contributed by atoms with E-state index < -0.39 is 11.9 Å². The van der Waals surface area contributed by atoms with Crippen molar-refractivity contribution in [2.24, 2.45) is 5.92 Å². The van der Waals surface area contributed by atoms with E-state index in [1.807, 2.05) is 6.92 Å². The number of rotatable bonds is 5. The van der Waals surface area contributed by atoms with E-state index in [1.54, 1.807) is 0 Å². The first kappa shape index (κ1) is 11.7. The van der Waals surface area contributed by atoms with Crippen LogP contribution in [0, 0.1) is 5.92 Å². The number of amides is 2. The Morgan fingerprint density at radius 3 is 2.46 bits per heavy atom. The number of nitrogens with one attached hydrogen (secondary N) is 2. The summed E-state index contributed by atoms with van der Waals surface area (Å²) < 4.78 is 0. The molecule has 5 heteroatoms. The minimum atomic E-state index is -0.863. The molecule has 0 aliphatic heterocycles. The normalized spacial score (nSPS) is 11.8. The van der Waals surface area contributed by atoms with Crippen molar-refractivity contribution < 1.29 is 14.7 Å². The number of aliphatic carboxylic acids is 1. The molecule has 0 rings (SSSR count). The summed E-state index contributed by atoms with van der Waals surface area (Å²) in [5.41, 5.74) is 0. The van der Waals surface area contributed by atoms with Crippen LogP contribution in [0.25, 0.3) is 0 Å². The van der Waals surface area contributed by atoms with Crippen molar-refractivity contribution in [1.82, 2.24) is 10.6 Å². The third-order valence-corrected chi connectivity index (χ3v) is 1.72. The van der Waals surface area contributed by atoms with Crippen LogP contribution in [0.15, 0.2) is 0 Å². The van der Waals surface area contributed by atoms with Crippen LogP contribution in [-0.4, -0.2) is 30.7 Å². The number of carbonyl (C=O) groups excluding carboxylic acids is 1. The number of carboxylic acids is 1. The van der Waals surface area contributed by atoms with Gasteiger partial charge in [-0.1, -0.05) is 13.3 Å². The molecule has 1 atom stereocenters. The van der Waals surface area contributed by atoms with Crippen LogP contribution in [0.4, 0.5) is 4.79 Å². The summed E-state index contributed by atoms with van der Waals surface area (Å²) in [6, 6.07) is -0.345. The second kappa shape index (κ2) is 6.28. The van der Waals surface area contributed by atoms with Crippen molar-refractivity contribution in [3.63, 3.8) is 0 Å². The summed E-state index contributed by atoms with van der Waals surface area (Å²) in [5, 5.41) is 13.5. The summed E-state index contributed by atoms with van der Waals surface area (Å²) in [4.78, 5) is 21.3. The fourth-order valence-electron chi connectivity index (χ4n) is 0.966. The van der Waals surface area contributed by atoms with Gasteiger partial charge >= 0.3 is 12.0 Å². The Hall–Kier alpha value is -1.26. The molecule has 0 spiro atoms. The number of urea groups is 1. The Morgan fingerprint density at radius 2 is 2.08 bits per heavy atom. The van der Waals surface area contributed by atoms with Gasteiger partial charge in [-0.25, -0.2) is 4.79 Å². The molecule has 13 heavy (non-hydrogen) atoms. The van der Waals surface area contributed by atoms with Gasteiger partial charge in [0.1, 0.15) is 0 Å². The van der Waals surface area contributed by atoms with Crippen LogP contribution in [0.5, 0.6) is 0 Å². The lowest BCUT2D eigenvalue weighted by Gasteiger charge is -2.11. The number of hydrogen-bond donors (Lipinski definition) is 3. The zero-order valence-electron chi connectivity index (χ0n) is 7.96. The molecule has 0 saturated heterocycles. The summed E-state index contributed by atoms with van der Waals surface area (Å²) in [5.74, 6) is -1.35. The highest BCUT2D eigenvalue weighted by Gasteiger charge is 2.16. The largest absolute Gasteiger partial charge is 0.481 e. The van der Waals surface area contributed by atoms with Crippen LogP contribution in [0.3, 0.4) is 0 Å². The van der Waals surface area contributed by atoms with Crippen molar-refractivity contribution in [1.29, 1.82) is 0 Å². The van der Waals surface area contributed by atoms with Crippen molar-refractivity contribution in [2.45, 2.75) is 19.8 Å². The number of carbonyl (C=O) groups is 2. The van der Waals surface area contributed by atoms with Gasteiger partial charge in [0.15, 0.2) is 0 Å². The second-order valence-electron chi connectivity index (χ2n) is 2.78. The van der Waals surface area contributed by atoms with E-state index in [0.29, 0.717) is 6.42 Å². The molecule has 0 heterocycles. The van der Waals surface area contributed by atoms with Crippen molar-refractivity contribution in [2.75, 3.05) is 13.6 Å². The lowest BCUT2D eigenvalue weighted by Crippen LogP contribution is -2.38. The summed E-state index contributed by atoms with van der Waals surface area (Å²) in [7, 11) is 1.49. The predicted octanol–water partition coefficient (Wildman–Crippen LogP) is 0.416. The van der Waals surface area contributed by atoms with Crippen LogP contribution in [-0.2, 0) is 4.79 Å². The van der Waals surface area contributed by atoms with E-state index in [9.17, 15) is 9.59 Å². The van der Waals surface area contributed by atoms with Crippen LogP contribution in [0.2, 0.25) is 0 Å². The average Bonchev–Trinajstić information content (AvgIpc) is 2.11. The van der Waals surface area contributed by atoms with E-state index >= 15 is 0 Å². The van der Waals surface area contributed by atoms with Gasteiger partial charge in [0.2, 0.25) is 0 Å². The Morgan fingerprint density at radius 1 is 1.46 bits per heavy atom. The molecule has 0 radical (unpaired) electrons. The summed E-state index contributed by atoms with van der Waals surface area (Å²) >= 11 is 0. The minimum Gasteiger partial charge on any atom is -0.481 e. The van der Waals surface area contributed by atoms with Gasteiger partial charge in [-0.3, -0.25) is 4.79 Å². The molecule has 0 saturated carbocycles. The average molecular weight is 188 g/mol. The first-order chi connectivity index (χ1) is 6.11. The summed E-state index contributed by atoms with van der Waals surface area (Å²) in [6.45, 7) is 2.10. The third kappa shape index (κ3) is 5.05. The SMILES string of the molecule is CCCC(CNC(=O)NC)C(=O)O. The lowest BCUT2D eigenvalue weighted by molar-refractivity contribution is -0.141. The standard InChI is InChI=1S/C8H16N2O3/c1-3-4-6(7(11)12)5-10-8(13)9-2/h6H,3-5H2,1-2H3,(H,11,12)(H2,9,10,13). The van der Waals surface area contributed by atoms with Gasteiger partial charge in [0.05, 0.1) is 5.92 Å². The zero-order valence-corrected chi connectivity index (χ0v) is 7.96. The smallest absolute Gasteiger partial charge is 0.314 e. The fraction of sp³-hybridized carbons (Fsp3) is 0.750. The second-order valence-corrected chi connectivity index (χ2v) is 2.78. The molecule has 1 unspecified atom stereocenters. The molecule has 0 aromatic carbocycles. The maximum Gasteiger partial charge on any atom is 0.314 e. The minimum absolute atomic E-state index is 0.183. The molecule has 0 aliphatic rings. The maximum atomic E-state index is 10.7. The molecule has 76 valence electrons. The zero-order chi connectivity index (χ0) is 10.3. The lowest BCUT2D eigenvalue weighted by atomic mass is 10.0. The monoisotopic (exact) mass is 188 g/mol. The molecule has 0 aromatic heterocycles. The molecule has 0 aliphatic carbocycles. The van der Waals surface area contributed by atoms with E-state index in [2.05, 4.69) is 10.6 Å². The quantitative estimate of drug-likeness (QED) is 0.585. The van der Waals surface area contributed by atoms with E-state index in [-0.39, 0.29) is 12.6 Å². The fourth-order valence-corrected chi connectivity index (χ4v) is 0.966. The van der Waals surface area contributed by atoms with Crippen LogP contribution in [0.1, 0.15) is 19.8 Å². The highest BCUT2D eigenvalue weighted by atomic mass is 16.4. The first-order valence-electron chi connectivity index (χ1n) is 4.30. The van der Waals surface area contributed by atoms with Gasteiger partial charge in [-0.15, -0.1) is 0 Å². The Labute approximate surface area is 77.5 Å². The van der Waals surface area contributed by atoms with Gasteiger partial charge in [0, 0.05) is 13.6 Å². The molecular formula is C8H16N2O3. The first-order valence-corrected chi connectivity index (χ1v) is 4.30. The van der Waals surface area contributed by atoms with Gasteiger partial charge in [0.25, 0.3) is 0 Å². The number of hydrogen-bond acceptors (Lipinski definition) is 2. The highest BCUT2D eigenvalue weighted by molar-refractivity contribution is 5.75. The molecule has 2 amide bonds. The Kier molecular flexibility index (Phi) is 5.67. The van der Waals surface area contributed by atoms with E-state index in [4.69, 9.17) is 5.11 Å². The highest BCUT2D eigenvalue weighted by Crippen LogP contribution is 2.04. The van der Waals surface area contributed by atoms with Crippen molar-refractivity contribution in [3.05, 3.63) is 0 Å². The topological polar surface area (TPSA) is 78.4 Å². The van der Waals surface area contributed by atoms with Crippen molar-refractivity contribution >= 4 is 12.0 Å². The van der Waals surface area contributed by atoms with E-state index in [1.165, 1.54) is 7.05 Å². The maximum absolute atomic E-state index is 10.7. The molecule has 0 bridgehead atoms. The van der Waals surface area contributed by atoms with E-state index in [0.717, 1.165) is 6.42 Å². The van der Waals surface area contributed by atoms with Crippen LogP contribution >= 0.6 is 0 Å². The molecular weight excluding hydrogens is 172 g/mol. The number of carboxylic acid groups (broad SMARTS) is 1. The molecule has 3 N–H and O–H groups in total. The summed E-state index contributed by atoms with van der Waals surface area (Å²) in [6.07, 6.45) is 1.38. The van der Waals surface area contributed by atoms with Gasteiger partial charge in [-0.05, 0) is 6.42 Å². The van der Waals surface area contributed by atoms with Crippen LogP contribution < -0.4 is 10.6 Å². The predicted molar refractivity (Wildman–Crippen MR) is 48.5 cm³/mol. The molecule has 0 fully saturated rings. The third-order valence-electron chi connectivity index (χ3n) is 1.72. The molecule has 5 nitrogen and oxygen atoms in total. The van der Waals surface area contributed by atoms with Gasteiger partial charge in [-0.2, -0.15) is 0 Å². The Bertz CT molecular complexity index is 182. The van der Waals surface area contributed by atoms with Gasteiger partial charge < -0.3 is 15.7 Å². The van der Waals surface area contributed by atoms with Crippen molar-refractivity contribution in [3.8, 4) is 0 Å². The Balaban J connectivity index is 3.82. The molecule has 0 aromatic rings.